The Balaban J connectivity index is 1.74. The van der Waals surface area contributed by atoms with Crippen molar-refractivity contribution in [1.82, 2.24) is 9.88 Å². The maximum atomic E-state index is 10.3. The molecule has 0 saturated heterocycles. The van der Waals surface area contributed by atoms with Crippen LogP contribution >= 0.6 is 0 Å². The molecule has 0 fully saturated rings. The Hall–Kier alpha value is -3.00. The molecule has 33 heavy (non-hydrogen) atoms. The van der Waals surface area contributed by atoms with E-state index in [0.717, 1.165) is 54.5 Å². The average molecular weight is 440 g/mol. The monoisotopic (exact) mass is 439 g/mol. The smallest absolute Gasteiger partial charge is 0.146 e. The third kappa shape index (κ3) is 4.57. The maximum absolute atomic E-state index is 10.3. The molecule has 1 aliphatic rings. The summed E-state index contributed by atoms with van der Waals surface area (Å²) < 4.78 is 0. The predicted molar refractivity (Wildman–Crippen MR) is 133 cm³/mol. The molecule has 1 N–H and O–H groups in total. The van der Waals surface area contributed by atoms with Gasteiger partial charge in [0.1, 0.15) is 11.8 Å². The molecule has 0 saturated carbocycles. The Morgan fingerprint density at radius 2 is 1.79 bits per heavy atom. The van der Waals surface area contributed by atoms with Gasteiger partial charge in [-0.2, -0.15) is 5.26 Å². The topological polar surface area (TPSA) is 60.1 Å². The van der Waals surface area contributed by atoms with Crippen molar-refractivity contribution in [3.63, 3.8) is 0 Å². The molecule has 0 bridgehead atoms. The fraction of sp³-hybridized carbons (Fsp3) is 0.379. The summed E-state index contributed by atoms with van der Waals surface area (Å²) in [4.78, 5) is 7.14. The second-order valence-corrected chi connectivity index (χ2v) is 8.94. The minimum absolute atomic E-state index is 0.107. The second-order valence-electron chi connectivity index (χ2n) is 8.94. The number of aliphatic hydroxyl groups excluding tert-OH is 1. The molecule has 4 rings (SSSR count). The van der Waals surface area contributed by atoms with Crippen LogP contribution in [-0.4, -0.2) is 22.0 Å². The first-order valence-electron chi connectivity index (χ1n) is 12.0. The van der Waals surface area contributed by atoms with Crippen LogP contribution in [0.1, 0.15) is 71.8 Å². The molecule has 1 aromatic heterocycles. The predicted octanol–water partition coefficient (Wildman–Crippen LogP) is 5.75. The average Bonchev–Trinajstić information content (AvgIpc) is 2.87. The van der Waals surface area contributed by atoms with Crippen LogP contribution in [0.5, 0.6) is 0 Å². The Morgan fingerprint density at radius 1 is 1.06 bits per heavy atom. The van der Waals surface area contributed by atoms with E-state index in [0.29, 0.717) is 18.3 Å². The van der Waals surface area contributed by atoms with Crippen LogP contribution in [0.2, 0.25) is 0 Å². The fourth-order valence-corrected chi connectivity index (χ4v) is 5.28. The number of pyridine rings is 1. The fourth-order valence-electron chi connectivity index (χ4n) is 5.28. The van der Waals surface area contributed by atoms with E-state index >= 15 is 0 Å². The molecule has 0 unspecified atom stereocenters. The number of aryl methyl sites for hydroxylation is 3. The number of nitriles is 1. The van der Waals surface area contributed by atoms with Crippen LogP contribution in [-0.2, 0) is 32.4 Å². The molecular formula is C29H33N3O. The molecule has 0 spiro atoms. The number of aliphatic hydroxyl groups is 1. The highest BCUT2D eigenvalue weighted by Crippen LogP contribution is 2.35. The third-order valence-corrected chi connectivity index (χ3v) is 7.03. The highest BCUT2D eigenvalue weighted by molar-refractivity contribution is 5.70. The van der Waals surface area contributed by atoms with E-state index in [1.54, 1.807) is 0 Å². The van der Waals surface area contributed by atoms with E-state index in [1.807, 2.05) is 6.07 Å². The van der Waals surface area contributed by atoms with Crippen molar-refractivity contribution in [3.8, 4) is 17.3 Å². The first kappa shape index (κ1) is 23.2. The Bertz CT molecular complexity index is 1160. The van der Waals surface area contributed by atoms with E-state index in [4.69, 9.17) is 4.98 Å². The molecule has 1 atom stereocenters. The van der Waals surface area contributed by atoms with Crippen molar-refractivity contribution < 1.29 is 5.11 Å². The zero-order valence-electron chi connectivity index (χ0n) is 19.9. The molecule has 4 nitrogen and oxygen atoms in total. The molecule has 170 valence electrons. The van der Waals surface area contributed by atoms with Gasteiger partial charge in [-0.15, -0.1) is 0 Å². The van der Waals surface area contributed by atoms with Gasteiger partial charge < -0.3 is 5.11 Å². The number of hydrogen-bond acceptors (Lipinski definition) is 4. The van der Waals surface area contributed by atoms with E-state index in [2.05, 4.69) is 74.3 Å². The second kappa shape index (κ2) is 10.3. The number of hydrogen-bond donors (Lipinski definition) is 1. The Kier molecular flexibility index (Phi) is 7.23. The summed E-state index contributed by atoms with van der Waals surface area (Å²) >= 11 is 0. The van der Waals surface area contributed by atoms with E-state index < -0.39 is 0 Å². The lowest BCUT2D eigenvalue weighted by molar-refractivity contribution is 0.209. The maximum Gasteiger partial charge on any atom is 0.146 e. The van der Waals surface area contributed by atoms with Gasteiger partial charge in [-0.05, 0) is 73.0 Å². The number of benzene rings is 2. The zero-order valence-corrected chi connectivity index (χ0v) is 19.9. The number of nitrogens with zero attached hydrogens (tertiary/aromatic N) is 3. The zero-order chi connectivity index (χ0) is 23.4. The molecule has 3 aromatic rings. The SMILES string of the molecule is CCc1cccc(CC)c1-c1cc(CO)c(CN(C)[C@H]2CCCc3ccccc32)c(C#N)n1. The Labute approximate surface area is 197 Å². The van der Waals surface area contributed by atoms with Gasteiger partial charge in [0.2, 0.25) is 0 Å². The molecular weight excluding hydrogens is 406 g/mol. The lowest BCUT2D eigenvalue weighted by Gasteiger charge is -2.34. The third-order valence-electron chi connectivity index (χ3n) is 7.03. The lowest BCUT2D eigenvalue weighted by atomic mass is 9.86. The van der Waals surface area contributed by atoms with Crippen LogP contribution < -0.4 is 0 Å². The van der Waals surface area contributed by atoms with Gasteiger partial charge in [-0.3, -0.25) is 4.90 Å². The van der Waals surface area contributed by atoms with Crippen LogP contribution in [0, 0.1) is 11.3 Å². The normalized spacial score (nSPS) is 15.3. The highest BCUT2D eigenvalue weighted by atomic mass is 16.3. The minimum atomic E-state index is -0.107. The minimum Gasteiger partial charge on any atom is -0.392 e. The van der Waals surface area contributed by atoms with Gasteiger partial charge in [0.15, 0.2) is 0 Å². The summed E-state index contributed by atoms with van der Waals surface area (Å²) in [6.45, 7) is 4.76. The van der Waals surface area contributed by atoms with Crippen LogP contribution in [0.3, 0.4) is 0 Å². The number of fused-ring (bicyclic) bond motifs is 1. The van der Waals surface area contributed by atoms with Gasteiger partial charge in [0, 0.05) is 23.7 Å². The van der Waals surface area contributed by atoms with E-state index in [9.17, 15) is 10.4 Å². The van der Waals surface area contributed by atoms with Crippen LogP contribution in [0.4, 0.5) is 0 Å². The number of aromatic nitrogens is 1. The highest BCUT2D eigenvalue weighted by Gasteiger charge is 2.25. The molecule has 1 heterocycles. The summed E-state index contributed by atoms with van der Waals surface area (Å²) in [5.41, 5.74) is 9.18. The summed E-state index contributed by atoms with van der Waals surface area (Å²) in [6.07, 6.45) is 5.17. The summed E-state index contributed by atoms with van der Waals surface area (Å²) in [6, 6.07) is 19.6. The van der Waals surface area contributed by atoms with Crippen molar-refractivity contribution in [2.24, 2.45) is 0 Å². The number of rotatable bonds is 7. The molecule has 0 amide bonds. The summed E-state index contributed by atoms with van der Waals surface area (Å²) in [5.74, 6) is 0. The van der Waals surface area contributed by atoms with Crippen molar-refractivity contribution >= 4 is 0 Å². The van der Waals surface area contributed by atoms with Crippen molar-refractivity contribution in [3.05, 3.63) is 87.6 Å². The first-order chi connectivity index (χ1) is 16.1. The van der Waals surface area contributed by atoms with Gasteiger partial charge in [0.25, 0.3) is 0 Å². The standard InChI is InChI=1S/C29H33N3O/c1-4-20-11-8-12-21(5-2)29(20)26-16-23(19-33)25(27(17-30)31-26)18-32(3)28-15-9-13-22-10-6-7-14-24(22)28/h6-8,10-12,14,16,28,33H,4-5,9,13,15,18-19H2,1-3H3/t28-/m0/s1. The quantitative estimate of drug-likeness (QED) is 0.509. The molecule has 1 aliphatic carbocycles. The van der Waals surface area contributed by atoms with E-state index in [1.165, 1.54) is 22.3 Å². The van der Waals surface area contributed by atoms with Gasteiger partial charge >= 0.3 is 0 Å². The van der Waals surface area contributed by atoms with Crippen molar-refractivity contribution in [2.45, 2.75) is 65.1 Å². The molecule has 2 aromatic carbocycles. The summed E-state index contributed by atoms with van der Waals surface area (Å²) in [5, 5.41) is 20.3. The van der Waals surface area contributed by atoms with Crippen molar-refractivity contribution in [2.75, 3.05) is 7.05 Å². The molecule has 4 heteroatoms. The van der Waals surface area contributed by atoms with Gasteiger partial charge in [-0.25, -0.2) is 4.98 Å². The first-order valence-corrected chi connectivity index (χ1v) is 12.0. The Morgan fingerprint density at radius 3 is 2.45 bits per heavy atom. The largest absolute Gasteiger partial charge is 0.392 e. The van der Waals surface area contributed by atoms with Crippen LogP contribution in [0.15, 0.2) is 48.5 Å². The molecule has 0 aliphatic heterocycles. The summed E-state index contributed by atoms with van der Waals surface area (Å²) in [7, 11) is 2.12. The van der Waals surface area contributed by atoms with Crippen molar-refractivity contribution in [1.29, 1.82) is 5.26 Å². The lowest BCUT2D eigenvalue weighted by Crippen LogP contribution is -2.28. The van der Waals surface area contributed by atoms with Gasteiger partial charge in [-0.1, -0.05) is 56.3 Å². The van der Waals surface area contributed by atoms with E-state index in [-0.39, 0.29) is 6.61 Å². The molecule has 0 radical (unpaired) electrons. The van der Waals surface area contributed by atoms with Gasteiger partial charge in [0.05, 0.1) is 12.3 Å². The van der Waals surface area contributed by atoms with Crippen LogP contribution in [0.25, 0.3) is 11.3 Å².